The number of aliphatic carboxylic acids is 1. The summed E-state index contributed by atoms with van der Waals surface area (Å²) in [6.07, 6.45) is -0.883. The van der Waals surface area contributed by atoms with Gasteiger partial charge in [0.25, 0.3) is 0 Å². The van der Waals surface area contributed by atoms with Gasteiger partial charge in [-0.15, -0.1) is 0 Å². The lowest BCUT2D eigenvalue weighted by Gasteiger charge is -2.17. The molecule has 106 valence electrons. The fourth-order valence-electron chi connectivity index (χ4n) is 1.49. The van der Waals surface area contributed by atoms with Crippen LogP contribution in [-0.2, 0) is 11.3 Å². The zero-order chi connectivity index (χ0) is 14.4. The Balaban J connectivity index is 2.91. The van der Waals surface area contributed by atoms with Gasteiger partial charge < -0.3 is 19.9 Å². The molecule has 0 saturated heterocycles. The van der Waals surface area contributed by atoms with Crippen molar-refractivity contribution >= 4 is 5.97 Å². The van der Waals surface area contributed by atoms with Crippen molar-refractivity contribution in [3.8, 4) is 11.5 Å². The van der Waals surface area contributed by atoms with Gasteiger partial charge in [-0.3, -0.25) is 0 Å². The SMILES string of the molecule is COc1ccc(OC(C)C(=O)O)c(CNC(C)C)c1. The van der Waals surface area contributed by atoms with Gasteiger partial charge in [0, 0.05) is 18.2 Å². The minimum Gasteiger partial charge on any atom is -0.497 e. The van der Waals surface area contributed by atoms with Gasteiger partial charge in [0.2, 0.25) is 0 Å². The first-order valence-electron chi connectivity index (χ1n) is 6.23. The van der Waals surface area contributed by atoms with Crippen LogP contribution >= 0.6 is 0 Å². The second-order valence-electron chi connectivity index (χ2n) is 4.61. The van der Waals surface area contributed by atoms with Gasteiger partial charge >= 0.3 is 5.97 Å². The van der Waals surface area contributed by atoms with E-state index in [1.165, 1.54) is 6.92 Å². The number of ether oxygens (including phenoxy) is 2. The fourth-order valence-corrected chi connectivity index (χ4v) is 1.49. The van der Waals surface area contributed by atoms with Gasteiger partial charge in [-0.2, -0.15) is 0 Å². The molecule has 0 amide bonds. The van der Waals surface area contributed by atoms with E-state index in [0.717, 1.165) is 11.3 Å². The molecule has 0 aromatic heterocycles. The number of rotatable bonds is 7. The molecule has 0 bridgehead atoms. The van der Waals surface area contributed by atoms with E-state index in [1.807, 2.05) is 19.9 Å². The molecule has 0 radical (unpaired) electrons. The predicted molar refractivity (Wildman–Crippen MR) is 72.7 cm³/mol. The van der Waals surface area contributed by atoms with E-state index >= 15 is 0 Å². The van der Waals surface area contributed by atoms with E-state index in [-0.39, 0.29) is 0 Å². The lowest BCUT2D eigenvalue weighted by atomic mass is 10.1. The van der Waals surface area contributed by atoms with Crippen molar-refractivity contribution < 1.29 is 19.4 Å². The lowest BCUT2D eigenvalue weighted by Crippen LogP contribution is -2.25. The summed E-state index contributed by atoms with van der Waals surface area (Å²) in [5, 5.41) is 12.2. The Bertz CT molecular complexity index is 431. The van der Waals surface area contributed by atoms with Crippen LogP contribution in [0.25, 0.3) is 0 Å². The number of carbonyl (C=O) groups is 1. The van der Waals surface area contributed by atoms with Crippen molar-refractivity contribution in [3.63, 3.8) is 0 Å². The van der Waals surface area contributed by atoms with Gasteiger partial charge in [0.05, 0.1) is 7.11 Å². The predicted octanol–water partition coefficient (Wildman–Crippen LogP) is 2.05. The summed E-state index contributed by atoms with van der Waals surface area (Å²) < 4.78 is 10.6. The second kappa shape index (κ2) is 6.99. The Morgan fingerprint density at radius 2 is 2.05 bits per heavy atom. The molecule has 5 heteroatoms. The number of hydrogen-bond donors (Lipinski definition) is 2. The van der Waals surface area contributed by atoms with Crippen molar-refractivity contribution in [1.29, 1.82) is 0 Å². The first kappa shape index (κ1) is 15.3. The minimum atomic E-state index is -0.987. The molecule has 0 heterocycles. The summed E-state index contributed by atoms with van der Waals surface area (Å²) in [4.78, 5) is 10.8. The molecule has 1 rings (SSSR count). The summed E-state index contributed by atoms with van der Waals surface area (Å²) in [6, 6.07) is 5.66. The first-order valence-corrected chi connectivity index (χ1v) is 6.23. The Morgan fingerprint density at radius 1 is 1.37 bits per heavy atom. The van der Waals surface area contributed by atoms with Crippen LogP contribution in [0.3, 0.4) is 0 Å². The van der Waals surface area contributed by atoms with Gasteiger partial charge in [-0.1, -0.05) is 13.8 Å². The summed E-state index contributed by atoms with van der Waals surface area (Å²) >= 11 is 0. The maximum Gasteiger partial charge on any atom is 0.344 e. The highest BCUT2D eigenvalue weighted by Gasteiger charge is 2.15. The smallest absolute Gasteiger partial charge is 0.344 e. The number of carboxylic acid groups (broad SMARTS) is 1. The number of methoxy groups -OCH3 is 1. The summed E-state index contributed by atoms with van der Waals surface area (Å²) in [6.45, 7) is 6.18. The molecule has 1 aromatic rings. The molecule has 2 N–H and O–H groups in total. The number of benzene rings is 1. The largest absolute Gasteiger partial charge is 0.497 e. The molecule has 0 aliphatic carbocycles. The molecule has 5 nitrogen and oxygen atoms in total. The molecule has 1 aromatic carbocycles. The van der Waals surface area contributed by atoms with E-state index in [9.17, 15) is 4.79 Å². The molecule has 0 saturated carbocycles. The first-order chi connectivity index (χ1) is 8.93. The zero-order valence-electron chi connectivity index (χ0n) is 11.8. The van der Waals surface area contributed by atoms with E-state index in [1.54, 1.807) is 19.2 Å². The Kier molecular flexibility index (Phi) is 5.63. The number of nitrogens with one attached hydrogen (secondary N) is 1. The lowest BCUT2D eigenvalue weighted by molar-refractivity contribution is -0.144. The van der Waals surface area contributed by atoms with Crippen molar-refractivity contribution in [1.82, 2.24) is 5.32 Å². The maximum absolute atomic E-state index is 10.8. The topological polar surface area (TPSA) is 67.8 Å². The van der Waals surface area contributed by atoms with Crippen LogP contribution in [0.1, 0.15) is 26.3 Å². The third-order valence-corrected chi connectivity index (χ3v) is 2.62. The highest BCUT2D eigenvalue weighted by atomic mass is 16.5. The Morgan fingerprint density at radius 3 is 2.58 bits per heavy atom. The molecular weight excluding hydrogens is 246 g/mol. The van der Waals surface area contributed by atoms with Crippen molar-refractivity contribution in [3.05, 3.63) is 23.8 Å². The van der Waals surface area contributed by atoms with E-state index < -0.39 is 12.1 Å². The maximum atomic E-state index is 10.8. The standard InChI is InChI=1S/C14H21NO4/c1-9(2)15-8-11-7-12(18-4)5-6-13(11)19-10(3)14(16)17/h5-7,9-10,15H,8H2,1-4H3,(H,16,17). The average molecular weight is 267 g/mol. The molecule has 19 heavy (non-hydrogen) atoms. The molecule has 0 spiro atoms. The normalized spacial score (nSPS) is 12.3. The highest BCUT2D eigenvalue weighted by Crippen LogP contribution is 2.25. The van der Waals surface area contributed by atoms with Crippen LogP contribution in [0.2, 0.25) is 0 Å². The monoisotopic (exact) mass is 267 g/mol. The van der Waals surface area contributed by atoms with Crippen LogP contribution in [0.4, 0.5) is 0 Å². The molecule has 0 aliphatic heterocycles. The Labute approximate surface area is 113 Å². The third-order valence-electron chi connectivity index (χ3n) is 2.62. The van der Waals surface area contributed by atoms with Crippen LogP contribution in [0, 0.1) is 0 Å². The second-order valence-corrected chi connectivity index (χ2v) is 4.61. The number of carboxylic acids is 1. The van der Waals surface area contributed by atoms with Crippen LogP contribution in [0.5, 0.6) is 11.5 Å². The summed E-state index contributed by atoms with van der Waals surface area (Å²) in [7, 11) is 1.59. The summed E-state index contributed by atoms with van der Waals surface area (Å²) in [5.41, 5.74) is 0.876. The third kappa shape index (κ3) is 4.79. The van der Waals surface area contributed by atoms with E-state index in [2.05, 4.69) is 5.32 Å². The van der Waals surface area contributed by atoms with Gasteiger partial charge in [-0.05, 0) is 25.1 Å². The molecule has 1 atom stereocenters. The van der Waals surface area contributed by atoms with E-state index in [0.29, 0.717) is 18.3 Å². The minimum absolute atomic E-state index is 0.330. The number of hydrogen-bond acceptors (Lipinski definition) is 4. The molecule has 0 aliphatic rings. The molecular formula is C14H21NO4. The van der Waals surface area contributed by atoms with Crippen LogP contribution < -0.4 is 14.8 Å². The van der Waals surface area contributed by atoms with Gasteiger partial charge in [-0.25, -0.2) is 4.79 Å². The van der Waals surface area contributed by atoms with Crippen molar-refractivity contribution in [2.45, 2.75) is 39.5 Å². The molecule has 0 fully saturated rings. The quantitative estimate of drug-likeness (QED) is 0.791. The molecule has 1 unspecified atom stereocenters. The zero-order valence-corrected chi connectivity index (χ0v) is 11.8. The van der Waals surface area contributed by atoms with Crippen molar-refractivity contribution in [2.75, 3.05) is 7.11 Å². The fraction of sp³-hybridized carbons (Fsp3) is 0.500. The highest BCUT2D eigenvalue weighted by molar-refractivity contribution is 5.72. The van der Waals surface area contributed by atoms with E-state index in [4.69, 9.17) is 14.6 Å². The Hall–Kier alpha value is -1.75. The summed E-state index contributed by atoms with van der Waals surface area (Å²) in [5.74, 6) is 0.290. The average Bonchev–Trinajstić information content (AvgIpc) is 2.37. The van der Waals surface area contributed by atoms with Crippen LogP contribution in [0.15, 0.2) is 18.2 Å². The van der Waals surface area contributed by atoms with Crippen LogP contribution in [-0.4, -0.2) is 30.3 Å². The van der Waals surface area contributed by atoms with Crippen molar-refractivity contribution in [2.24, 2.45) is 0 Å². The van der Waals surface area contributed by atoms with Gasteiger partial charge in [0.1, 0.15) is 11.5 Å². The van der Waals surface area contributed by atoms with Gasteiger partial charge in [0.15, 0.2) is 6.10 Å².